The fourth-order valence-corrected chi connectivity index (χ4v) is 3.44. The molecule has 32 heavy (non-hydrogen) atoms. The summed E-state index contributed by atoms with van der Waals surface area (Å²) in [6, 6.07) is 8.63. The average molecular weight is 480 g/mol. The first-order valence-corrected chi connectivity index (χ1v) is 12.0. The van der Waals surface area contributed by atoms with Crippen molar-refractivity contribution in [3.8, 4) is 16.9 Å². The summed E-state index contributed by atoms with van der Waals surface area (Å²) in [6.45, 7) is 1.75. The van der Waals surface area contributed by atoms with Gasteiger partial charge in [0.1, 0.15) is 0 Å². The Balaban J connectivity index is 1.69. The number of hydrogen-bond acceptors (Lipinski definition) is 8. The lowest BCUT2D eigenvalue weighted by Crippen LogP contribution is -2.42. The van der Waals surface area contributed by atoms with Crippen LogP contribution in [-0.2, 0) is 20.5 Å². The summed E-state index contributed by atoms with van der Waals surface area (Å²) in [7, 11) is -4.85. The molecule has 0 aliphatic rings. The SMILES string of the molecule is CS[C@](C)(CCn1cnc(-c2ccc(-n3nccn3)cc2)cc1=O)C(=O)NOP(=O)(O)O. The first-order chi connectivity index (χ1) is 15.1. The van der Waals surface area contributed by atoms with Gasteiger partial charge in [0, 0.05) is 18.2 Å². The molecular weight excluding hydrogens is 459 g/mol. The Hall–Kier alpha value is -2.83. The number of benzene rings is 1. The van der Waals surface area contributed by atoms with E-state index in [4.69, 9.17) is 9.79 Å². The van der Waals surface area contributed by atoms with Crippen LogP contribution in [0.5, 0.6) is 0 Å². The van der Waals surface area contributed by atoms with Crippen molar-refractivity contribution >= 4 is 25.5 Å². The Morgan fingerprint density at radius 3 is 2.47 bits per heavy atom. The molecule has 3 N–H and O–H groups in total. The predicted molar refractivity (Wildman–Crippen MR) is 117 cm³/mol. The van der Waals surface area contributed by atoms with Crippen molar-refractivity contribution in [2.45, 2.75) is 24.6 Å². The standard InChI is InChI=1S/C18H21N6O6PS/c1-18(32-2,17(26)22-30-31(27,28)29)7-10-23-12-19-15(11-16(23)25)13-3-5-14(6-4-13)24-20-8-9-21-24/h3-6,8-9,11-12H,7,10H2,1-2H3,(H,22,26)(H2,27,28,29)/t18-/m1/s1. The fraction of sp³-hybridized carbons (Fsp3) is 0.278. The molecule has 12 nitrogen and oxygen atoms in total. The molecule has 0 radical (unpaired) electrons. The monoisotopic (exact) mass is 480 g/mol. The Morgan fingerprint density at radius 1 is 1.25 bits per heavy atom. The van der Waals surface area contributed by atoms with Gasteiger partial charge in [-0.15, -0.1) is 11.8 Å². The van der Waals surface area contributed by atoms with Crippen molar-refractivity contribution in [1.82, 2.24) is 30.0 Å². The minimum absolute atomic E-state index is 0.163. The Kier molecular flexibility index (Phi) is 7.26. The van der Waals surface area contributed by atoms with E-state index in [1.54, 1.807) is 43.2 Å². The molecule has 2 aromatic heterocycles. The zero-order valence-electron chi connectivity index (χ0n) is 17.2. The molecule has 0 unspecified atom stereocenters. The number of aryl methyl sites for hydroxylation is 1. The molecule has 0 saturated heterocycles. The summed E-state index contributed by atoms with van der Waals surface area (Å²) >= 11 is 1.16. The lowest BCUT2D eigenvalue weighted by atomic mass is 10.1. The van der Waals surface area contributed by atoms with Gasteiger partial charge in [-0.2, -0.15) is 19.6 Å². The molecule has 0 aliphatic carbocycles. The van der Waals surface area contributed by atoms with Crippen LogP contribution in [0.25, 0.3) is 16.9 Å². The van der Waals surface area contributed by atoms with E-state index < -0.39 is 18.5 Å². The zero-order chi connectivity index (χ0) is 23.4. The van der Waals surface area contributed by atoms with E-state index in [0.717, 1.165) is 23.0 Å². The summed E-state index contributed by atoms with van der Waals surface area (Å²) < 4.78 is 15.1. The van der Waals surface area contributed by atoms with Crippen molar-refractivity contribution < 1.29 is 23.8 Å². The van der Waals surface area contributed by atoms with Gasteiger partial charge in [-0.05, 0) is 31.7 Å². The van der Waals surface area contributed by atoms with Crippen molar-refractivity contribution in [3.05, 3.63) is 59.4 Å². The number of carbonyl (C=O) groups excluding carboxylic acids is 1. The number of hydrogen-bond donors (Lipinski definition) is 3. The zero-order valence-corrected chi connectivity index (χ0v) is 18.9. The van der Waals surface area contributed by atoms with Gasteiger partial charge in [-0.1, -0.05) is 12.1 Å². The molecule has 1 amide bonds. The maximum absolute atomic E-state index is 12.6. The third-order valence-electron chi connectivity index (χ3n) is 4.71. The van der Waals surface area contributed by atoms with Crippen molar-refractivity contribution in [2.24, 2.45) is 0 Å². The van der Waals surface area contributed by atoms with E-state index in [9.17, 15) is 14.2 Å². The van der Waals surface area contributed by atoms with Crippen LogP contribution in [0, 0.1) is 0 Å². The number of nitrogens with zero attached hydrogens (tertiary/aromatic N) is 5. The highest BCUT2D eigenvalue weighted by molar-refractivity contribution is 8.00. The molecule has 3 rings (SSSR count). The van der Waals surface area contributed by atoms with Crippen LogP contribution in [0.3, 0.4) is 0 Å². The largest absolute Gasteiger partial charge is 0.491 e. The molecule has 1 atom stereocenters. The van der Waals surface area contributed by atoms with Gasteiger partial charge >= 0.3 is 7.82 Å². The molecule has 0 saturated carbocycles. The molecule has 0 fully saturated rings. The molecule has 2 heterocycles. The number of aromatic nitrogens is 5. The Bertz CT molecular complexity index is 1180. The number of amides is 1. The summed E-state index contributed by atoms with van der Waals surface area (Å²) in [6.07, 6.45) is 6.41. The van der Waals surface area contributed by atoms with Crippen molar-refractivity contribution in [1.29, 1.82) is 0 Å². The normalized spacial score (nSPS) is 13.5. The highest BCUT2D eigenvalue weighted by Gasteiger charge is 2.34. The van der Waals surface area contributed by atoms with Crippen LogP contribution in [0.2, 0.25) is 0 Å². The number of carbonyl (C=O) groups is 1. The first-order valence-electron chi connectivity index (χ1n) is 9.25. The third-order valence-corrected chi connectivity index (χ3v) is 6.33. The van der Waals surface area contributed by atoms with Gasteiger partial charge in [0.2, 0.25) is 0 Å². The highest BCUT2D eigenvalue weighted by atomic mass is 32.2. The summed E-state index contributed by atoms with van der Waals surface area (Å²) in [5.41, 5.74) is 3.47. The molecule has 0 aliphatic heterocycles. The number of nitrogens with one attached hydrogen (secondary N) is 1. The van der Waals surface area contributed by atoms with Gasteiger partial charge in [0.25, 0.3) is 11.5 Å². The number of hydroxylamine groups is 1. The van der Waals surface area contributed by atoms with Crippen LogP contribution in [0.4, 0.5) is 0 Å². The Labute approximate surface area is 186 Å². The topological polar surface area (TPSA) is 161 Å². The van der Waals surface area contributed by atoms with E-state index in [2.05, 4.69) is 19.8 Å². The van der Waals surface area contributed by atoms with E-state index in [1.165, 1.54) is 21.8 Å². The van der Waals surface area contributed by atoms with Crippen molar-refractivity contribution in [3.63, 3.8) is 0 Å². The summed E-state index contributed by atoms with van der Waals surface area (Å²) in [4.78, 5) is 48.1. The molecule has 0 bridgehead atoms. The minimum Gasteiger partial charge on any atom is -0.301 e. The van der Waals surface area contributed by atoms with Crippen LogP contribution < -0.4 is 11.0 Å². The predicted octanol–water partition coefficient (Wildman–Crippen LogP) is 1.14. The van der Waals surface area contributed by atoms with Crippen LogP contribution in [-0.4, -0.2) is 51.2 Å². The average Bonchev–Trinajstić information content (AvgIpc) is 3.31. The molecule has 1 aromatic carbocycles. The van der Waals surface area contributed by atoms with E-state index in [0.29, 0.717) is 5.69 Å². The smallest absolute Gasteiger partial charge is 0.301 e. The maximum atomic E-state index is 12.6. The number of phosphoric acid groups is 1. The highest BCUT2D eigenvalue weighted by Crippen LogP contribution is 2.35. The number of rotatable bonds is 9. The second-order valence-corrected chi connectivity index (χ2v) is 9.34. The molecular formula is C18H21N6O6PS. The van der Waals surface area contributed by atoms with Crippen LogP contribution in [0.1, 0.15) is 13.3 Å². The van der Waals surface area contributed by atoms with E-state index in [-0.39, 0.29) is 18.5 Å². The molecule has 14 heteroatoms. The van der Waals surface area contributed by atoms with Crippen LogP contribution in [0.15, 0.2) is 53.8 Å². The summed E-state index contributed by atoms with van der Waals surface area (Å²) in [5, 5.41) is 8.12. The second-order valence-electron chi connectivity index (χ2n) is 6.87. The van der Waals surface area contributed by atoms with Gasteiger partial charge < -0.3 is 9.79 Å². The quantitative estimate of drug-likeness (QED) is 0.299. The van der Waals surface area contributed by atoms with E-state index in [1.807, 2.05) is 12.1 Å². The second kappa shape index (κ2) is 9.76. The van der Waals surface area contributed by atoms with Gasteiger partial charge in [-0.3, -0.25) is 14.2 Å². The Morgan fingerprint density at radius 2 is 1.91 bits per heavy atom. The first kappa shape index (κ1) is 23.8. The minimum atomic E-state index is -4.85. The molecule has 0 spiro atoms. The van der Waals surface area contributed by atoms with Crippen molar-refractivity contribution in [2.75, 3.05) is 6.26 Å². The lowest BCUT2D eigenvalue weighted by molar-refractivity contribution is -0.131. The van der Waals surface area contributed by atoms with Gasteiger partial charge in [0.05, 0.1) is 34.8 Å². The molecule has 170 valence electrons. The van der Waals surface area contributed by atoms with Gasteiger partial charge in [-0.25, -0.2) is 15.0 Å². The lowest BCUT2D eigenvalue weighted by Gasteiger charge is -2.26. The maximum Gasteiger partial charge on any atom is 0.491 e. The molecule has 3 aromatic rings. The van der Waals surface area contributed by atoms with E-state index >= 15 is 0 Å². The summed E-state index contributed by atoms with van der Waals surface area (Å²) in [5.74, 6) is -0.724. The fourth-order valence-electron chi connectivity index (χ4n) is 2.72. The van der Waals surface area contributed by atoms with Crippen LogP contribution >= 0.6 is 19.6 Å². The third kappa shape index (κ3) is 5.90. The van der Waals surface area contributed by atoms with Gasteiger partial charge in [0.15, 0.2) is 0 Å². The number of thioether (sulfide) groups is 1.